The van der Waals surface area contributed by atoms with Crippen molar-refractivity contribution < 1.29 is 28.6 Å². The van der Waals surface area contributed by atoms with E-state index in [1.54, 1.807) is 35.9 Å². The molecule has 3 aromatic rings. The van der Waals surface area contributed by atoms with Crippen LogP contribution in [0.15, 0.2) is 60.8 Å². The summed E-state index contributed by atoms with van der Waals surface area (Å²) < 4.78 is 18.7. The number of urea groups is 1. The maximum absolute atomic E-state index is 12.6. The van der Waals surface area contributed by atoms with Crippen molar-refractivity contribution in [2.24, 2.45) is 7.05 Å². The highest BCUT2D eigenvalue weighted by Crippen LogP contribution is 2.29. The number of aryl methyl sites for hydroxylation is 1. The number of carbonyl (C=O) groups is 3. The zero-order chi connectivity index (χ0) is 24.1. The van der Waals surface area contributed by atoms with Crippen molar-refractivity contribution >= 4 is 17.8 Å². The lowest BCUT2D eigenvalue weighted by molar-refractivity contribution is -0.153. The second kappa shape index (κ2) is 9.75. The lowest BCUT2D eigenvalue weighted by Gasteiger charge is -2.34. The summed E-state index contributed by atoms with van der Waals surface area (Å²) in [6.45, 7) is 2.30. The Bertz CT molecular complexity index is 1170. The van der Waals surface area contributed by atoms with E-state index < -0.39 is 23.4 Å². The first kappa shape index (κ1) is 23.0. The first-order valence-corrected chi connectivity index (χ1v) is 10.7. The van der Waals surface area contributed by atoms with Gasteiger partial charge in [0, 0.05) is 31.8 Å². The van der Waals surface area contributed by atoms with Gasteiger partial charge in [-0.2, -0.15) is 5.10 Å². The number of aromatic nitrogens is 2. The van der Waals surface area contributed by atoms with Crippen LogP contribution in [0.2, 0.25) is 0 Å². The van der Waals surface area contributed by atoms with E-state index in [1.165, 1.54) is 0 Å². The minimum absolute atomic E-state index is 0.0628. The molecule has 0 aliphatic carbocycles. The number of hydrogen-bond donors (Lipinski definition) is 2. The fourth-order valence-electron chi connectivity index (χ4n) is 3.45. The molecular formula is C24H24N4O6. The van der Waals surface area contributed by atoms with Crippen molar-refractivity contribution in [1.82, 2.24) is 20.4 Å². The van der Waals surface area contributed by atoms with Crippen LogP contribution in [0, 0.1) is 0 Å². The molecule has 2 N–H and O–H groups in total. The molecule has 1 aliphatic heterocycles. The summed E-state index contributed by atoms with van der Waals surface area (Å²) in [5.74, 6) is -0.252. The number of nitrogens with zero attached hydrogens (tertiary/aromatic N) is 2. The van der Waals surface area contributed by atoms with Gasteiger partial charge in [0.15, 0.2) is 0 Å². The maximum Gasteiger partial charge on any atom is 0.328 e. The fourth-order valence-corrected chi connectivity index (χ4v) is 3.45. The topological polar surface area (TPSA) is 121 Å². The minimum Gasteiger partial charge on any atom is -0.467 e. The SMILES string of the molecule is CCOCCC1(Oc2ccc(Oc3ccc(-c4ccn(C)n4)cc3)cc2)C(=O)NC(=O)NC1=O. The molecule has 0 spiro atoms. The molecule has 0 radical (unpaired) electrons. The van der Waals surface area contributed by atoms with Gasteiger partial charge in [-0.25, -0.2) is 4.79 Å². The lowest BCUT2D eigenvalue weighted by Crippen LogP contribution is -2.69. The molecule has 1 fully saturated rings. The van der Waals surface area contributed by atoms with Gasteiger partial charge in [0.25, 0.3) is 17.4 Å². The molecule has 34 heavy (non-hydrogen) atoms. The number of benzene rings is 2. The Hall–Kier alpha value is -4.18. The van der Waals surface area contributed by atoms with Crippen LogP contribution in [0.4, 0.5) is 4.79 Å². The van der Waals surface area contributed by atoms with Crippen molar-refractivity contribution in [3.8, 4) is 28.5 Å². The Balaban J connectivity index is 1.46. The summed E-state index contributed by atoms with van der Waals surface area (Å²) in [4.78, 5) is 36.6. The molecule has 2 heterocycles. The zero-order valence-electron chi connectivity index (χ0n) is 18.7. The van der Waals surface area contributed by atoms with Crippen LogP contribution in [0.5, 0.6) is 17.2 Å². The monoisotopic (exact) mass is 464 g/mol. The third-order valence-electron chi connectivity index (χ3n) is 5.21. The first-order valence-electron chi connectivity index (χ1n) is 10.7. The van der Waals surface area contributed by atoms with E-state index in [-0.39, 0.29) is 18.8 Å². The van der Waals surface area contributed by atoms with Gasteiger partial charge in [0.2, 0.25) is 0 Å². The molecule has 176 valence electrons. The Morgan fingerprint density at radius 2 is 1.47 bits per heavy atom. The van der Waals surface area contributed by atoms with Crippen molar-refractivity contribution in [2.75, 3.05) is 13.2 Å². The molecule has 1 saturated heterocycles. The number of hydrogen-bond acceptors (Lipinski definition) is 7. The average Bonchev–Trinajstić information content (AvgIpc) is 3.25. The number of ether oxygens (including phenoxy) is 3. The van der Waals surface area contributed by atoms with E-state index >= 15 is 0 Å². The van der Waals surface area contributed by atoms with Crippen molar-refractivity contribution in [1.29, 1.82) is 0 Å². The molecule has 2 aromatic carbocycles. The highest BCUT2D eigenvalue weighted by atomic mass is 16.5. The van der Waals surface area contributed by atoms with Crippen molar-refractivity contribution in [3.05, 3.63) is 60.8 Å². The second-order valence-corrected chi connectivity index (χ2v) is 7.59. The third-order valence-corrected chi connectivity index (χ3v) is 5.21. The molecule has 4 rings (SSSR count). The largest absolute Gasteiger partial charge is 0.467 e. The molecule has 0 saturated carbocycles. The van der Waals surface area contributed by atoms with E-state index in [4.69, 9.17) is 14.2 Å². The van der Waals surface area contributed by atoms with Gasteiger partial charge in [-0.15, -0.1) is 0 Å². The Morgan fingerprint density at radius 3 is 2.03 bits per heavy atom. The zero-order valence-corrected chi connectivity index (χ0v) is 18.7. The number of amides is 4. The number of barbiturate groups is 1. The molecule has 10 heteroatoms. The number of imide groups is 2. The predicted octanol–water partition coefficient (Wildman–Crippen LogP) is 2.79. The number of nitrogens with one attached hydrogen (secondary N) is 2. The van der Waals surface area contributed by atoms with Crippen LogP contribution >= 0.6 is 0 Å². The molecule has 4 amide bonds. The summed E-state index contributed by atoms with van der Waals surface area (Å²) in [7, 11) is 1.86. The normalized spacial score (nSPS) is 14.9. The van der Waals surface area contributed by atoms with Crippen LogP contribution in [0.3, 0.4) is 0 Å². The van der Waals surface area contributed by atoms with Gasteiger partial charge < -0.3 is 14.2 Å². The molecular weight excluding hydrogens is 440 g/mol. The van der Waals surface area contributed by atoms with Crippen LogP contribution in [-0.4, -0.2) is 46.4 Å². The molecule has 0 atom stereocenters. The minimum atomic E-state index is -1.92. The molecule has 0 bridgehead atoms. The Morgan fingerprint density at radius 1 is 0.882 bits per heavy atom. The van der Waals surface area contributed by atoms with Crippen LogP contribution in [0.25, 0.3) is 11.3 Å². The van der Waals surface area contributed by atoms with Gasteiger partial charge in [0.05, 0.1) is 12.3 Å². The maximum atomic E-state index is 12.6. The van der Waals surface area contributed by atoms with E-state index in [9.17, 15) is 14.4 Å². The van der Waals surface area contributed by atoms with Gasteiger partial charge in [-0.3, -0.25) is 24.9 Å². The summed E-state index contributed by atoms with van der Waals surface area (Å²) in [5, 5.41) is 8.55. The lowest BCUT2D eigenvalue weighted by atomic mass is 9.95. The van der Waals surface area contributed by atoms with Gasteiger partial charge in [-0.05, 0) is 61.5 Å². The van der Waals surface area contributed by atoms with Gasteiger partial charge in [-0.1, -0.05) is 0 Å². The Labute approximate surface area is 195 Å². The highest BCUT2D eigenvalue weighted by molar-refractivity contribution is 6.21. The second-order valence-electron chi connectivity index (χ2n) is 7.59. The molecule has 1 aromatic heterocycles. The quantitative estimate of drug-likeness (QED) is 0.369. The number of rotatable bonds is 9. The third kappa shape index (κ3) is 4.91. The average molecular weight is 464 g/mol. The van der Waals surface area contributed by atoms with Crippen molar-refractivity contribution in [3.63, 3.8) is 0 Å². The molecule has 1 aliphatic rings. The van der Waals surface area contributed by atoms with Crippen LogP contribution < -0.4 is 20.1 Å². The van der Waals surface area contributed by atoms with Crippen LogP contribution in [-0.2, 0) is 21.4 Å². The molecule has 0 unspecified atom stereocenters. The van der Waals surface area contributed by atoms with Crippen molar-refractivity contribution in [2.45, 2.75) is 18.9 Å². The standard InChI is InChI=1S/C24H24N4O6/c1-3-32-15-13-24(21(29)25-23(31)26-22(24)30)34-19-10-8-18(9-11-19)33-17-6-4-16(5-7-17)20-12-14-28(2)27-20/h4-12,14H,3,13,15H2,1-2H3,(H2,25,26,29,30,31). The van der Waals surface area contributed by atoms with E-state index in [2.05, 4.69) is 15.7 Å². The smallest absolute Gasteiger partial charge is 0.328 e. The summed E-state index contributed by atoms with van der Waals surface area (Å²) in [6, 6.07) is 15.0. The summed E-state index contributed by atoms with van der Waals surface area (Å²) in [6.07, 6.45) is 1.81. The first-order chi connectivity index (χ1) is 16.4. The summed E-state index contributed by atoms with van der Waals surface area (Å²) in [5.41, 5.74) is -0.0879. The van der Waals surface area contributed by atoms with E-state index in [0.717, 1.165) is 11.3 Å². The van der Waals surface area contributed by atoms with Crippen LogP contribution in [0.1, 0.15) is 13.3 Å². The predicted molar refractivity (Wildman–Crippen MR) is 121 cm³/mol. The van der Waals surface area contributed by atoms with E-state index in [1.807, 2.05) is 43.6 Å². The van der Waals surface area contributed by atoms with Gasteiger partial charge in [0.1, 0.15) is 17.2 Å². The van der Waals surface area contributed by atoms with Gasteiger partial charge >= 0.3 is 6.03 Å². The number of carbonyl (C=O) groups excluding carboxylic acids is 3. The molecule has 10 nitrogen and oxygen atoms in total. The Kier molecular flexibility index (Phi) is 6.60. The highest BCUT2D eigenvalue weighted by Gasteiger charge is 2.52. The summed E-state index contributed by atoms with van der Waals surface area (Å²) >= 11 is 0. The van der Waals surface area contributed by atoms with E-state index in [0.29, 0.717) is 18.1 Å². The fraction of sp³-hybridized carbons (Fsp3) is 0.250.